The monoisotopic (exact) mass is 291 g/mol. The van der Waals surface area contributed by atoms with Crippen LogP contribution in [0.15, 0.2) is 40.3 Å². The zero-order valence-electron chi connectivity index (χ0n) is 11.2. The van der Waals surface area contributed by atoms with E-state index in [1.54, 1.807) is 0 Å². The van der Waals surface area contributed by atoms with Crippen molar-refractivity contribution in [2.75, 3.05) is 26.3 Å². The largest absolute Gasteiger partial charge is 0.477 e. The highest BCUT2D eigenvalue weighted by Crippen LogP contribution is 2.22. The molecule has 1 unspecified atom stereocenters. The molecule has 0 fully saturated rings. The molecule has 0 spiro atoms. The van der Waals surface area contributed by atoms with E-state index in [0.29, 0.717) is 26.3 Å². The second-order valence-electron chi connectivity index (χ2n) is 4.77. The average Bonchev–Trinajstić information content (AvgIpc) is 3.09. The van der Waals surface area contributed by atoms with E-state index in [4.69, 9.17) is 9.47 Å². The fourth-order valence-corrected chi connectivity index (χ4v) is 2.44. The molecule has 0 aromatic heterocycles. The van der Waals surface area contributed by atoms with Crippen molar-refractivity contribution < 1.29 is 9.47 Å². The summed E-state index contributed by atoms with van der Waals surface area (Å²) >= 11 is 0. The Bertz CT molecular complexity index is 518. The molecule has 3 rings (SSSR count). The van der Waals surface area contributed by atoms with Crippen LogP contribution in [0.4, 0.5) is 0 Å². The highest BCUT2D eigenvalue weighted by atomic mass is 31.0. The molecule has 2 aliphatic heterocycles. The minimum atomic E-state index is 0.115. The molecule has 6 heteroatoms. The van der Waals surface area contributed by atoms with Crippen molar-refractivity contribution in [3.8, 4) is 0 Å². The molecular formula is C14H18N3O2P. The van der Waals surface area contributed by atoms with Gasteiger partial charge < -0.3 is 14.8 Å². The van der Waals surface area contributed by atoms with Gasteiger partial charge in [0.15, 0.2) is 11.8 Å². The van der Waals surface area contributed by atoms with E-state index in [-0.39, 0.29) is 11.8 Å². The van der Waals surface area contributed by atoms with Gasteiger partial charge in [-0.05, 0) is 5.56 Å². The van der Waals surface area contributed by atoms with Crippen LogP contribution in [-0.2, 0) is 9.47 Å². The van der Waals surface area contributed by atoms with E-state index in [9.17, 15) is 0 Å². The van der Waals surface area contributed by atoms with Crippen LogP contribution in [0.3, 0.4) is 0 Å². The fraction of sp³-hybridized carbons (Fsp3) is 0.429. The second-order valence-corrected chi connectivity index (χ2v) is 5.53. The quantitative estimate of drug-likeness (QED) is 0.834. The van der Waals surface area contributed by atoms with Gasteiger partial charge in [-0.15, -0.1) is 9.24 Å². The maximum Gasteiger partial charge on any atom is 0.198 e. The Morgan fingerprint density at radius 2 is 1.75 bits per heavy atom. The van der Waals surface area contributed by atoms with E-state index in [1.807, 2.05) is 18.2 Å². The standard InChI is InChI=1S/C14H18N3O2P/c20-14-9-19-13(17-14)7-15-6-12-16-11(8-18-12)10-4-2-1-3-5-10/h1-5,11,14-15H,6-9,20H2/t11-,14+/m0/s1. The molecule has 0 saturated heterocycles. The van der Waals surface area contributed by atoms with Gasteiger partial charge in [-0.25, -0.2) is 9.98 Å². The Morgan fingerprint density at radius 3 is 2.45 bits per heavy atom. The van der Waals surface area contributed by atoms with Gasteiger partial charge in [0, 0.05) is 0 Å². The number of nitrogens with one attached hydrogen (secondary N) is 1. The summed E-state index contributed by atoms with van der Waals surface area (Å²) in [6, 6.07) is 10.3. The predicted octanol–water partition coefficient (Wildman–Crippen LogP) is 1.38. The zero-order valence-corrected chi connectivity index (χ0v) is 12.3. The van der Waals surface area contributed by atoms with Crippen molar-refractivity contribution in [3.05, 3.63) is 35.9 Å². The van der Waals surface area contributed by atoms with Crippen LogP contribution in [0.1, 0.15) is 11.6 Å². The molecule has 1 aromatic rings. The number of hydrogen-bond donors (Lipinski definition) is 1. The van der Waals surface area contributed by atoms with E-state index in [1.165, 1.54) is 5.56 Å². The molecule has 5 nitrogen and oxygen atoms in total. The normalized spacial score (nSPS) is 24.9. The molecule has 20 heavy (non-hydrogen) atoms. The lowest BCUT2D eigenvalue weighted by Crippen LogP contribution is -2.28. The van der Waals surface area contributed by atoms with Crippen molar-refractivity contribution in [1.82, 2.24) is 5.32 Å². The predicted molar refractivity (Wildman–Crippen MR) is 82.3 cm³/mol. The van der Waals surface area contributed by atoms with Crippen LogP contribution >= 0.6 is 9.24 Å². The number of hydrogen-bond acceptors (Lipinski definition) is 5. The lowest BCUT2D eigenvalue weighted by Gasteiger charge is -2.04. The van der Waals surface area contributed by atoms with Gasteiger partial charge >= 0.3 is 0 Å². The number of aliphatic imine (C=N–C) groups is 2. The average molecular weight is 291 g/mol. The van der Waals surface area contributed by atoms with Gasteiger partial charge in [-0.1, -0.05) is 30.3 Å². The second kappa shape index (κ2) is 6.33. The molecular weight excluding hydrogens is 273 g/mol. The zero-order chi connectivity index (χ0) is 13.8. The summed E-state index contributed by atoms with van der Waals surface area (Å²) in [5.41, 5.74) is 1.19. The molecule has 1 N–H and O–H groups in total. The Balaban J connectivity index is 1.48. The highest BCUT2D eigenvalue weighted by Gasteiger charge is 2.20. The summed E-state index contributed by atoms with van der Waals surface area (Å²) in [6.07, 6.45) is 0. The van der Waals surface area contributed by atoms with Crippen molar-refractivity contribution in [3.63, 3.8) is 0 Å². The number of rotatable bonds is 5. The third kappa shape index (κ3) is 3.35. The SMILES string of the molecule is P[C@@H]1COC(CNCC2=N[C@H](c3ccccc3)CO2)=N1. The molecule has 0 saturated carbocycles. The Kier molecular flexibility index (Phi) is 4.28. The summed E-state index contributed by atoms with van der Waals surface area (Å²) in [5, 5.41) is 3.24. The van der Waals surface area contributed by atoms with E-state index >= 15 is 0 Å². The fourth-order valence-electron chi connectivity index (χ4n) is 2.18. The molecule has 106 valence electrons. The van der Waals surface area contributed by atoms with Gasteiger partial charge in [0.2, 0.25) is 0 Å². The summed E-state index contributed by atoms with van der Waals surface area (Å²) in [7, 11) is 2.64. The molecule has 0 bridgehead atoms. The van der Waals surface area contributed by atoms with Crippen molar-refractivity contribution in [2.24, 2.45) is 9.98 Å². The van der Waals surface area contributed by atoms with Gasteiger partial charge in [0.1, 0.15) is 25.0 Å². The molecule has 0 aliphatic carbocycles. The summed E-state index contributed by atoms with van der Waals surface area (Å²) in [6.45, 7) is 2.48. The maximum atomic E-state index is 5.61. The van der Waals surface area contributed by atoms with E-state index < -0.39 is 0 Å². The van der Waals surface area contributed by atoms with Gasteiger partial charge in [0.25, 0.3) is 0 Å². The number of nitrogens with zero attached hydrogens (tertiary/aromatic N) is 2. The molecule has 2 heterocycles. The van der Waals surface area contributed by atoms with Crippen LogP contribution in [0.25, 0.3) is 0 Å². The Hall–Kier alpha value is -1.45. The first kappa shape index (κ1) is 13.5. The summed E-state index contributed by atoms with van der Waals surface area (Å²) in [4.78, 5) is 8.91. The number of benzene rings is 1. The molecule has 0 amide bonds. The van der Waals surface area contributed by atoms with Crippen LogP contribution in [0.5, 0.6) is 0 Å². The molecule has 1 aromatic carbocycles. The van der Waals surface area contributed by atoms with Crippen LogP contribution < -0.4 is 5.32 Å². The van der Waals surface area contributed by atoms with E-state index in [2.05, 4.69) is 36.7 Å². The van der Waals surface area contributed by atoms with Crippen LogP contribution in [-0.4, -0.2) is 43.9 Å². The minimum Gasteiger partial charge on any atom is -0.477 e. The lowest BCUT2D eigenvalue weighted by atomic mass is 10.1. The van der Waals surface area contributed by atoms with Crippen molar-refractivity contribution in [2.45, 2.75) is 11.8 Å². The van der Waals surface area contributed by atoms with Crippen molar-refractivity contribution >= 4 is 21.0 Å². The molecule has 2 aliphatic rings. The smallest absolute Gasteiger partial charge is 0.198 e. The van der Waals surface area contributed by atoms with Gasteiger partial charge in [0.05, 0.1) is 13.1 Å². The lowest BCUT2D eigenvalue weighted by molar-refractivity contribution is 0.311. The van der Waals surface area contributed by atoms with Crippen LogP contribution in [0.2, 0.25) is 0 Å². The Morgan fingerprint density at radius 1 is 1.05 bits per heavy atom. The van der Waals surface area contributed by atoms with Crippen molar-refractivity contribution in [1.29, 1.82) is 0 Å². The minimum absolute atomic E-state index is 0.115. The topological polar surface area (TPSA) is 55.2 Å². The van der Waals surface area contributed by atoms with E-state index in [0.717, 1.165) is 11.8 Å². The first-order valence-corrected chi connectivity index (χ1v) is 7.38. The summed E-state index contributed by atoms with van der Waals surface area (Å²) < 4.78 is 11.0. The third-order valence-electron chi connectivity index (χ3n) is 3.17. The first-order valence-electron chi connectivity index (χ1n) is 6.71. The molecule has 0 radical (unpaired) electrons. The first-order chi connectivity index (χ1) is 9.81. The molecule has 3 atom stereocenters. The third-order valence-corrected chi connectivity index (χ3v) is 3.52. The number of ether oxygens (including phenoxy) is 2. The summed E-state index contributed by atoms with van der Waals surface area (Å²) in [5.74, 6) is 1.69. The van der Waals surface area contributed by atoms with Crippen LogP contribution in [0, 0.1) is 0 Å². The maximum absolute atomic E-state index is 5.61. The highest BCUT2D eigenvalue weighted by molar-refractivity contribution is 7.17. The van der Waals surface area contributed by atoms with Gasteiger partial charge in [-0.2, -0.15) is 0 Å². The van der Waals surface area contributed by atoms with Gasteiger partial charge in [-0.3, -0.25) is 0 Å². The Labute approximate surface area is 120 Å².